The van der Waals surface area contributed by atoms with Crippen molar-refractivity contribution in [1.29, 1.82) is 5.41 Å². The molecular formula is C28H37N6O3P. The molecule has 2 fully saturated rings. The summed E-state index contributed by atoms with van der Waals surface area (Å²) in [5, 5.41) is 15.0. The van der Waals surface area contributed by atoms with Crippen molar-refractivity contribution in [2.24, 2.45) is 0 Å². The fraction of sp³-hybridized carbons (Fsp3) is 0.393. The number of hydrogen-bond donors (Lipinski definition) is 4. The lowest BCUT2D eigenvalue weighted by atomic mass is 10.0. The number of piperidine rings is 1. The number of carbonyl (C=O) groups is 2. The summed E-state index contributed by atoms with van der Waals surface area (Å²) in [7, 11) is 4.53. The lowest BCUT2D eigenvalue weighted by molar-refractivity contribution is -0.117. The zero-order valence-corrected chi connectivity index (χ0v) is 23.2. The highest BCUT2D eigenvalue weighted by Crippen LogP contribution is 2.24. The summed E-state index contributed by atoms with van der Waals surface area (Å²) >= 11 is 0. The Kier molecular flexibility index (Phi) is 9.15. The summed E-state index contributed by atoms with van der Waals surface area (Å²) in [5.41, 5.74) is 10.2. The quantitative estimate of drug-likeness (QED) is 0.187. The van der Waals surface area contributed by atoms with Crippen LogP contribution < -0.4 is 21.3 Å². The molecule has 38 heavy (non-hydrogen) atoms. The predicted molar refractivity (Wildman–Crippen MR) is 156 cm³/mol. The Morgan fingerprint density at radius 2 is 1.82 bits per heavy atom. The van der Waals surface area contributed by atoms with Gasteiger partial charge in [-0.25, -0.2) is 0 Å². The standard InChI is InChI=1S/C28H37N6O3P/c1-18-3-4-22(32-27(35)19-13-20(29)15-23(14-19)34-9-11-37-12-10-34)16-24(18)25(30)17-26(38)28(36)31-21-5-7-33(2)8-6-21/h3-4,13-17,21,30H,5-12,29,38H2,1-2H3,(H,31,36)(H,32,35)/b26-17-,30-25?. The van der Waals surface area contributed by atoms with Crippen LogP contribution in [0.5, 0.6) is 0 Å². The smallest absolute Gasteiger partial charge is 0.255 e. The number of amides is 2. The first-order valence-electron chi connectivity index (χ1n) is 12.9. The zero-order chi connectivity index (χ0) is 27.2. The number of carbonyl (C=O) groups excluding carboxylic acids is 2. The van der Waals surface area contributed by atoms with E-state index in [0.717, 1.165) is 50.3 Å². The lowest BCUT2D eigenvalue weighted by Crippen LogP contribution is -2.43. The van der Waals surface area contributed by atoms with Crippen LogP contribution in [0, 0.1) is 12.3 Å². The SMILES string of the molecule is Cc1ccc(NC(=O)c2cc(N)cc(N3CCOCC3)c2)cc1C(=N)/C=C(\P)C(=O)NC1CCN(C)CC1. The van der Waals surface area contributed by atoms with E-state index in [9.17, 15) is 9.59 Å². The van der Waals surface area contributed by atoms with Gasteiger partial charge < -0.3 is 36.3 Å². The van der Waals surface area contributed by atoms with Gasteiger partial charge in [0.1, 0.15) is 0 Å². The average molecular weight is 537 g/mol. The highest BCUT2D eigenvalue weighted by atomic mass is 31.0. The third-order valence-corrected chi connectivity index (χ3v) is 7.41. The third kappa shape index (κ3) is 7.19. The van der Waals surface area contributed by atoms with Crippen molar-refractivity contribution in [2.45, 2.75) is 25.8 Å². The summed E-state index contributed by atoms with van der Waals surface area (Å²) in [6.07, 6.45) is 3.38. The molecule has 1 unspecified atom stereocenters. The highest BCUT2D eigenvalue weighted by molar-refractivity contribution is 7.25. The third-order valence-electron chi connectivity index (χ3n) is 6.98. The van der Waals surface area contributed by atoms with Gasteiger partial charge in [0.2, 0.25) is 0 Å². The Morgan fingerprint density at radius 1 is 1.11 bits per heavy atom. The molecule has 0 radical (unpaired) electrons. The number of nitrogens with zero attached hydrogens (tertiary/aromatic N) is 2. The van der Waals surface area contributed by atoms with E-state index in [0.29, 0.717) is 41.0 Å². The van der Waals surface area contributed by atoms with Gasteiger partial charge in [0.15, 0.2) is 0 Å². The Morgan fingerprint density at radius 3 is 2.53 bits per heavy atom. The van der Waals surface area contributed by atoms with Crippen LogP contribution in [0.2, 0.25) is 0 Å². The van der Waals surface area contributed by atoms with Gasteiger partial charge in [-0.15, -0.1) is 0 Å². The number of nitrogen functional groups attached to an aromatic ring is 1. The minimum atomic E-state index is -0.284. The van der Waals surface area contributed by atoms with Crippen LogP contribution >= 0.6 is 9.24 Å². The molecule has 2 saturated heterocycles. The topological polar surface area (TPSA) is 124 Å². The molecule has 2 aromatic rings. The van der Waals surface area contributed by atoms with Crippen molar-refractivity contribution >= 4 is 43.8 Å². The number of nitrogens with one attached hydrogen (secondary N) is 3. The molecule has 10 heteroatoms. The van der Waals surface area contributed by atoms with Crippen molar-refractivity contribution in [3.05, 3.63) is 64.5 Å². The van der Waals surface area contributed by atoms with Crippen LogP contribution in [-0.4, -0.2) is 74.9 Å². The number of likely N-dealkylation sites (tertiary alicyclic amines) is 1. The molecule has 2 aliphatic heterocycles. The number of ether oxygens (including phenoxy) is 1. The molecule has 2 aliphatic rings. The van der Waals surface area contributed by atoms with Crippen LogP contribution in [0.25, 0.3) is 0 Å². The van der Waals surface area contributed by atoms with Gasteiger partial charge in [-0.05, 0) is 81.9 Å². The zero-order valence-electron chi connectivity index (χ0n) is 22.0. The fourth-order valence-electron chi connectivity index (χ4n) is 4.68. The number of anilines is 3. The van der Waals surface area contributed by atoms with E-state index in [1.54, 1.807) is 24.3 Å². The molecule has 2 amide bonds. The van der Waals surface area contributed by atoms with Gasteiger partial charge in [-0.1, -0.05) is 15.3 Å². The average Bonchev–Trinajstić information content (AvgIpc) is 2.91. The van der Waals surface area contributed by atoms with Crippen LogP contribution in [0.4, 0.5) is 17.1 Å². The van der Waals surface area contributed by atoms with E-state index in [1.165, 1.54) is 0 Å². The van der Waals surface area contributed by atoms with Crippen LogP contribution in [0.15, 0.2) is 47.8 Å². The number of nitrogens with two attached hydrogens (primary N) is 1. The maximum Gasteiger partial charge on any atom is 0.255 e. The van der Waals surface area contributed by atoms with Gasteiger partial charge >= 0.3 is 0 Å². The number of benzene rings is 2. The number of aryl methyl sites for hydroxylation is 1. The van der Waals surface area contributed by atoms with E-state index >= 15 is 0 Å². The molecule has 202 valence electrons. The van der Waals surface area contributed by atoms with Crippen molar-refractivity contribution in [3.8, 4) is 0 Å². The summed E-state index contributed by atoms with van der Waals surface area (Å²) in [4.78, 5) is 30.2. The van der Waals surface area contributed by atoms with Gasteiger partial charge in [-0.3, -0.25) is 9.59 Å². The molecule has 4 rings (SSSR count). The minimum Gasteiger partial charge on any atom is -0.399 e. The Labute approximate surface area is 226 Å². The molecule has 0 spiro atoms. The summed E-state index contributed by atoms with van der Waals surface area (Å²) in [6.45, 7) is 6.58. The molecule has 1 atom stereocenters. The van der Waals surface area contributed by atoms with E-state index in [1.807, 2.05) is 25.1 Å². The Balaban J connectivity index is 1.44. The predicted octanol–water partition coefficient (Wildman–Crippen LogP) is 3.00. The van der Waals surface area contributed by atoms with E-state index in [4.69, 9.17) is 15.9 Å². The van der Waals surface area contributed by atoms with Crippen LogP contribution in [0.3, 0.4) is 0 Å². The second kappa shape index (κ2) is 12.5. The number of allylic oxidation sites excluding steroid dienone is 1. The Hall–Kier alpha value is -3.26. The number of morpholine rings is 1. The highest BCUT2D eigenvalue weighted by Gasteiger charge is 2.20. The van der Waals surface area contributed by atoms with Gasteiger partial charge in [0, 0.05) is 52.6 Å². The van der Waals surface area contributed by atoms with E-state index < -0.39 is 0 Å². The monoisotopic (exact) mass is 536 g/mol. The molecule has 0 aromatic heterocycles. The maximum absolute atomic E-state index is 13.1. The largest absolute Gasteiger partial charge is 0.399 e. The Bertz CT molecular complexity index is 1230. The number of hydrogen-bond acceptors (Lipinski definition) is 7. The van der Waals surface area contributed by atoms with Gasteiger partial charge in [0.05, 0.1) is 18.9 Å². The number of rotatable bonds is 7. The van der Waals surface area contributed by atoms with Crippen molar-refractivity contribution in [2.75, 3.05) is 62.4 Å². The molecule has 2 heterocycles. The van der Waals surface area contributed by atoms with Crippen molar-refractivity contribution in [3.63, 3.8) is 0 Å². The van der Waals surface area contributed by atoms with E-state index in [-0.39, 0.29) is 23.6 Å². The molecular weight excluding hydrogens is 499 g/mol. The summed E-state index contributed by atoms with van der Waals surface area (Å²) in [5.74, 6) is -0.470. The second-order valence-electron chi connectivity index (χ2n) is 9.96. The fourth-order valence-corrected chi connectivity index (χ4v) is 4.93. The molecule has 0 saturated carbocycles. The first-order valence-corrected chi connectivity index (χ1v) is 13.5. The summed E-state index contributed by atoms with van der Waals surface area (Å²) < 4.78 is 5.42. The van der Waals surface area contributed by atoms with Crippen LogP contribution in [0.1, 0.15) is 34.3 Å². The lowest BCUT2D eigenvalue weighted by Gasteiger charge is -2.29. The molecule has 2 aromatic carbocycles. The normalized spacial score (nSPS) is 17.2. The van der Waals surface area contributed by atoms with Crippen LogP contribution in [-0.2, 0) is 9.53 Å². The molecule has 0 aliphatic carbocycles. The van der Waals surface area contributed by atoms with Crippen molar-refractivity contribution in [1.82, 2.24) is 10.2 Å². The van der Waals surface area contributed by atoms with Crippen molar-refractivity contribution < 1.29 is 14.3 Å². The maximum atomic E-state index is 13.1. The molecule has 9 nitrogen and oxygen atoms in total. The first-order chi connectivity index (χ1) is 18.2. The van der Waals surface area contributed by atoms with E-state index in [2.05, 4.69) is 36.7 Å². The van der Waals surface area contributed by atoms with Gasteiger partial charge in [-0.2, -0.15) is 0 Å². The first kappa shape index (κ1) is 27.8. The molecule has 5 N–H and O–H groups in total. The summed E-state index contributed by atoms with van der Waals surface area (Å²) in [6, 6.07) is 10.9. The minimum absolute atomic E-state index is 0.146. The molecule has 0 bridgehead atoms. The van der Waals surface area contributed by atoms with Gasteiger partial charge in [0.25, 0.3) is 11.8 Å². The second-order valence-corrected chi connectivity index (χ2v) is 10.6.